The van der Waals surface area contributed by atoms with E-state index in [1.807, 2.05) is 6.07 Å². The van der Waals surface area contributed by atoms with Crippen LogP contribution in [0.15, 0.2) is 54.7 Å². The predicted octanol–water partition coefficient (Wildman–Crippen LogP) is 4.86. The largest absolute Gasteiger partial charge is 0.350 e. The number of hydrogen-bond acceptors (Lipinski definition) is 2. The van der Waals surface area contributed by atoms with Gasteiger partial charge >= 0.3 is 0 Å². The normalized spacial score (nSPS) is 19.6. The van der Waals surface area contributed by atoms with Gasteiger partial charge in [0.1, 0.15) is 0 Å². The van der Waals surface area contributed by atoms with Crippen molar-refractivity contribution in [3.8, 4) is 6.07 Å². The first-order valence-electron chi connectivity index (χ1n) is 9.89. The van der Waals surface area contributed by atoms with Gasteiger partial charge in [-0.05, 0) is 68.0 Å². The summed E-state index contributed by atoms with van der Waals surface area (Å²) in [5, 5.41) is 10.5. The van der Waals surface area contributed by atoms with Crippen LogP contribution >= 0.6 is 0 Å². The maximum atomic E-state index is 9.26. The van der Waals surface area contributed by atoms with Crippen LogP contribution in [-0.2, 0) is 13.5 Å². The maximum absolute atomic E-state index is 9.26. The molecule has 1 fully saturated rings. The van der Waals surface area contributed by atoms with E-state index in [2.05, 4.69) is 78.3 Å². The molecule has 0 radical (unpaired) electrons. The van der Waals surface area contributed by atoms with E-state index in [4.69, 9.17) is 0 Å². The van der Waals surface area contributed by atoms with Crippen molar-refractivity contribution in [2.24, 2.45) is 7.05 Å². The Kier molecular flexibility index (Phi) is 5.01. The Morgan fingerprint density at radius 2 is 1.96 bits per heavy atom. The van der Waals surface area contributed by atoms with Crippen molar-refractivity contribution < 1.29 is 0 Å². The van der Waals surface area contributed by atoms with Crippen LogP contribution in [0.5, 0.6) is 0 Å². The van der Waals surface area contributed by atoms with Gasteiger partial charge in [-0.3, -0.25) is 0 Å². The number of nitrogens with zero attached hydrogens (tertiary/aromatic N) is 3. The van der Waals surface area contributed by atoms with Crippen molar-refractivity contribution in [2.75, 3.05) is 13.6 Å². The molecule has 27 heavy (non-hydrogen) atoms. The summed E-state index contributed by atoms with van der Waals surface area (Å²) < 4.78 is 2.21. The first kappa shape index (κ1) is 17.8. The third-order valence-electron chi connectivity index (χ3n) is 6.21. The Morgan fingerprint density at radius 1 is 1.15 bits per heavy atom. The van der Waals surface area contributed by atoms with Gasteiger partial charge in [0.05, 0.1) is 11.6 Å². The molecule has 1 heterocycles. The van der Waals surface area contributed by atoms with Crippen LogP contribution in [0.25, 0.3) is 10.9 Å². The van der Waals surface area contributed by atoms with Crippen molar-refractivity contribution in [3.63, 3.8) is 0 Å². The Hall–Kier alpha value is -2.57. The number of likely N-dealkylation sites (N-methyl/N-ethyl adjacent to an activating group) is 1. The predicted molar refractivity (Wildman–Crippen MR) is 111 cm³/mol. The fraction of sp³-hybridized carbons (Fsp3) is 0.375. The summed E-state index contributed by atoms with van der Waals surface area (Å²) in [6.07, 6.45) is 7.09. The summed E-state index contributed by atoms with van der Waals surface area (Å²) in [4.78, 5) is 2.54. The molecule has 0 spiro atoms. The Balaban J connectivity index is 1.46. The molecule has 0 bridgehead atoms. The highest BCUT2D eigenvalue weighted by atomic mass is 15.1. The van der Waals surface area contributed by atoms with Crippen molar-refractivity contribution in [2.45, 2.75) is 37.6 Å². The second kappa shape index (κ2) is 7.58. The monoisotopic (exact) mass is 357 g/mol. The summed E-state index contributed by atoms with van der Waals surface area (Å²) in [6, 6.07) is 19.8. The molecular formula is C24H27N3. The van der Waals surface area contributed by atoms with Gasteiger partial charge in [0, 0.05) is 36.7 Å². The molecule has 3 aromatic rings. The molecule has 2 unspecified atom stereocenters. The van der Waals surface area contributed by atoms with Gasteiger partial charge in [0.2, 0.25) is 0 Å². The summed E-state index contributed by atoms with van der Waals surface area (Å²) >= 11 is 0. The third kappa shape index (κ3) is 3.63. The molecule has 1 aliphatic rings. The van der Waals surface area contributed by atoms with E-state index < -0.39 is 0 Å². The summed E-state index contributed by atoms with van der Waals surface area (Å²) in [5.41, 5.74) is 4.81. The highest BCUT2D eigenvalue weighted by molar-refractivity contribution is 5.85. The standard InChI is InChI=1S/C24H27N3/c1-26(13-12-18-6-4-3-5-7-18)21-10-9-20(15-21)23-17-27(2)24-11-8-19(16-25)14-22(23)24/h3-8,11,14,17,20-21H,9-10,12-13,15H2,1-2H3. The third-order valence-corrected chi connectivity index (χ3v) is 6.21. The average molecular weight is 358 g/mol. The zero-order chi connectivity index (χ0) is 18.8. The fourth-order valence-corrected chi connectivity index (χ4v) is 4.59. The molecule has 2 aromatic carbocycles. The van der Waals surface area contributed by atoms with Crippen LogP contribution in [0.1, 0.15) is 41.9 Å². The molecule has 0 aliphatic heterocycles. The lowest BCUT2D eigenvalue weighted by Gasteiger charge is -2.24. The molecule has 138 valence electrons. The molecule has 1 aromatic heterocycles. The molecule has 1 saturated carbocycles. The van der Waals surface area contributed by atoms with Gasteiger partial charge in [-0.15, -0.1) is 0 Å². The molecule has 4 rings (SSSR count). The Bertz CT molecular complexity index is 964. The quantitative estimate of drug-likeness (QED) is 0.653. The lowest BCUT2D eigenvalue weighted by molar-refractivity contribution is 0.247. The molecule has 0 N–H and O–H groups in total. The van der Waals surface area contributed by atoms with Crippen LogP contribution < -0.4 is 0 Å². The maximum Gasteiger partial charge on any atom is 0.0991 e. The fourth-order valence-electron chi connectivity index (χ4n) is 4.59. The Morgan fingerprint density at radius 3 is 2.74 bits per heavy atom. The molecule has 0 amide bonds. The van der Waals surface area contributed by atoms with Crippen molar-refractivity contribution in [1.29, 1.82) is 5.26 Å². The van der Waals surface area contributed by atoms with Gasteiger partial charge in [0.15, 0.2) is 0 Å². The first-order valence-corrected chi connectivity index (χ1v) is 9.89. The summed E-state index contributed by atoms with van der Waals surface area (Å²) in [6.45, 7) is 1.11. The SMILES string of the molecule is CN(CCc1ccccc1)C1CCC(c2cn(C)c3ccc(C#N)cc23)C1. The van der Waals surface area contributed by atoms with Crippen LogP contribution in [0.3, 0.4) is 0 Å². The summed E-state index contributed by atoms with van der Waals surface area (Å²) in [5.74, 6) is 0.590. The van der Waals surface area contributed by atoms with E-state index in [0.29, 0.717) is 12.0 Å². The zero-order valence-corrected chi connectivity index (χ0v) is 16.2. The number of benzene rings is 2. The van der Waals surface area contributed by atoms with Gasteiger partial charge in [0.25, 0.3) is 0 Å². The lowest BCUT2D eigenvalue weighted by atomic mass is 9.96. The van der Waals surface area contributed by atoms with Crippen molar-refractivity contribution >= 4 is 10.9 Å². The highest BCUT2D eigenvalue weighted by Gasteiger charge is 2.30. The minimum absolute atomic E-state index is 0.590. The van der Waals surface area contributed by atoms with Crippen LogP contribution in [0.4, 0.5) is 0 Å². The lowest BCUT2D eigenvalue weighted by Crippen LogP contribution is -2.31. The van der Waals surface area contributed by atoms with Crippen molar-refractivity contribution in [1.82, 2.24) is 9.47 Å². The van der Waals surface area contributed by atoms with Crippen LogP contribution in [-0.4, -0.2) is 29.1 Å². The van der Waals surface area contributed by atoms with E-state index >= 15 is 0 Å². The average Bonchev–Trinajstić information content (AvgIpc) is 3.31. The summed E-state index contributed by atoms with van der Waals surface area (Å²) in [7, 11) is 4.38. The number of rotatable bonds is 5. The number of hydrogen-bond donors (Lipinski definition) is 0. The Labute approximate surface area is 161 Å². The second-order valence-electron chi connectivity index (χ2n) is 7.92. The molecule has 3 nitrogen and oxygen atoms in total. The van der Waals surface area contributed by atoms with Gasteiger partial charge in [-0.25, -0.2) is 0 Å². The first-order chi connectivity index (χ1) is 13.2. The number of fused-ring (bicyclic) bond motifs is 1. The molecule has 3 heteroatoms. The van der Waals surface area contributed by atoms with E-state index in [9.17, 15) is 5.26 Å². The van der Waals surface area contributed by atoms with Gasteiger partial charge in [-0.2, -0.15) is 5.26 Å². The minimum atomic E-state index is 0.590. The van der Waals surface area contributed by atoms with Gasteiger partial charge in [-0.1, -0.05) is 30.3 Å². The number of aromatic nitrogens is 1. The van der Waals surface area contributed by atoms with Gasteiger partial charge < -0.3 is 9.47 Å². The molecule has 2 atom stereocenters. The molecular weight excluding hydrogens is 330 g/mol. The molecule has 0 saturated heterocycles. The van der Waals surface area contributed by atoms with E-state index in [-0.39, 0.29) is 0 Å². The highest BCUT2D eigenvalue weighted by Crippen LogP contribution is 2.40. The number of aryl methyl sites for hydroxylation is 1. The zero-order valence-electron chi connectivity index (χ0n) is 16.2. The number of nitriles is 1. The minimum Gasteiger partial charge on any atom is -0.350 e. The van der Waals surface area contributed by atoms with Crippen LogP contribution in [0, 0.1) is 11.3 Å². The van der Waals surface area contributed by atoms with Crippen molar-refractivity contribution in [3.05, 3.63) is 71.4 Å². The van der Waals surface area contributed by atoms with E-state index in [1.165, 1.54) is 41.3 Å². The topological polar surface area (TPSA) is 32.0 Å². The second-order valence-corrected chi connectivity index (χ2v) is 7.92. The van der Waals surface area contributed by atoms with E-state index in [0.717, 1.165) is 18.5 Å². The van der Waals surface area contributed by atoms with Crippen LogP contribution in [0.2, 0.25) is 0 Å². The molecule has 1 aliphatic carbocycles. The smallest absolute Gasteiger partial charge is 0.0991 e. The van der Waals surface area contributed by atoms with E-state index in [1.54, 1.807) is 0 Å².